The Bertz CT molecular complexity index is 1000. The van der Waals surface area contributed by atoms with E-state index >= 15 is 0 Å². The summed E-state index contributed by atoms with van der Waals surface area (Å²) in [6, 6.07) is 27.4. The van der Waals surface area contributed by atoms with E-state index in [-0.39, 0.29) is 0 Å². The van der Waals surface area contributed by atoms with E-state index < -0.39 is 0 Å². The highest BCUT2D eigenvalue weighted by molar-refractivity contribution is 7.99. The minimum Gasteiger partial charge on any atom is -0.497 e. The molecule has 0 atom stereocenters. The van der Waals surface area contributed by atoms with Crippen LogP contribution in [0, 0.1) is 0 Å². The largest absolute Gasteiger partial charge is 0.497 e. The Hall–Kier alpha value is -2.65. The van der Waals surface area contributed by atoms with Crippen molar-refractivity contribution in [3.8, 4) is 17.0 Å². The number of hydrogen-bond acceptors (Lipinski definition) is 2. The predicted octanol–water partition coefficient (Wildman–Crippen LogP) is 6.01. The number of rotatable bonds is 4. The summed E-state index contributed by atoms with van der Waals surface area (Å²) in [5, 5.41) is 1.28. The first-order chi connectivity index (χ1) is 12.3. The number of fused-ring (bicyclic) bond motifs is 1. The lowest BCUT2D eigenvalue weighted by Crippen LogP contribution is -1.92. The van der Waals surface area contributed by atoms with E-state index in [1.807, 2.05) is 23.9 Å². The van der Waals surface area contributed by atoms with Gasteiger partial charge in [0.2, 0.25) is 0 Å². The minimum absolute atomic E-state index is 0.875. The van der Waals surface area contributed by atoms with Crippen molar-refractivity contribution < 1.29 is 4.74 Å². The van der Waals surface area contributed by atoms with E-state index in [4.69, 9.17) is 4.74 Å². The molecule has 0 N–H and O–H groups in total. The van der Waals surface area contributed by atoms with Gasteiger partial charge < -0.3 is 9.30 Å². The molecule has 1 heterocycles. The third-order valence-corrected chi connectivity index (χ3v) is 5.51. The number of nitrogens with zero attached hydrogens (tertiary/aromatic N) is 1. The summed E-state index contributed by atoms with van der Waals surface area (Å²) in [5.74, 6) is 0.875. The Morgan fingerprint density at radius 3 is 2.20 bits per heavy atom. The zero-order valence-electron chi connectivity index (χ0n) is 14.3. The minimum atomic E-state index is 0.875. The summed E-state index contributed by atoms with van der Waals surface area (Å²) in [5.41, 5.74) is 3.67. The summed E-state index contributed by atoms with van der Waals surface area (Å²) in [6.07, 6.45) is 0. The first-order valence-electron chi connectivity index (χ1n) is 8.22. The van der Waals surface area contributed by atoms with E-state index in [2.05, 4.69) is 78.3 Å². The second-order valence-corrected chi connectivity index (χ2v) is 6.98. The van der Waals surface area contributed by atoms with Gasteiger partial charge in [-0.2, -0.15) is 0 Å². The Balaban J connectivity index is 1.92. The highest BCUT2D eigenvalue weighted by Gasteiger charge is 2.17. The van der Waals surface area contributed by atoms with Gasteiger partial charge in [0.25, 0.3) is 0 Å². The molecule has 0 spiro atoms. The SMILES string of the molecule is COc1ccc(-c2c(Sc3ccccc3)c3ccccc3n2C)cc1. The average molecular weight is 345 g/mol. The molecule has 0 aliphatic carbocycles. The van der Waals surface area contributed by atoms with Crippen LogP contribution < -0.4 is 4.74 Å². The summed E-state index contributed by atoms with van der Waals surface area (Å²) in [7, 11) is 3.83. The van der Waals surface area contributed by atoms with E-state index in [1.54, 1.807) is 7.11 Å². The first kappa shape index (κ1) is 15.9. The van der Waals surface area contributed by atoms with Gasteiger partial charge in [0.1, 0.15) is 5.75 Å². The fourth-order valence-corrected chi connectivity index (χ4v) is 4.30. The molecule has 1 aromatic heterocycles. The van der Waals surface area contributed by atoms with Crippen LogP contribution in [0.15, 0.2) is 88.7 Å². The van der Waals surface area contributed by atoms with Gasteiger partial charge in [-0.05, 0) is 48.0 Å². The zero-order valence-corrected chi connectivity index (χ0v) is 15.1. The molecule has 2 nitrogen and oxygen atoms in total. The fraction of sp³-hybridized carbons (Fsp3) is 0.0909. The van der Waals surface area contributed by atoms with Crippen LogP contribution in [-0.2, 0) is 7.05 Å². The summed E-state index contributed by atoms with van der Waals surface area (Å²) >= 11 is 1.82. The lowest BCUT2D eigenvalue weighted by Gasteiger charge is -2.09. The number of para-hydroxylation sites is 1. The fourth-order valence-electron chi connectivity index (χ4n) is 3.14. The van der Waals surface area contributed by atoms with Gasteiger partial charge in [0.15, 0.2) is 0 Å². The van der Waals surface area contributed by atoms with Crippen molar-refractivity contribution in [3.05, 3.63) is 78.9 Å². The van der Waals surface area contributed by atoms with Crippen LogP contribution in [0.5, 0.6) is 5.75 Å². The van der Waals surface area contributed by atoms with E-state index in [1.165, 1.54) is 32.0 Å². The standard InChI is InChI=1S/C22H19NOS/c1-23-20-11-7-6-10-19(20)22(25-18-8-4-3-5-9-18)21(23)16-12-14-17(24-2)15-13-16/h3-15H,1-2H3. The first-order valence-corrected chi connectivity index (χ1v) is 9.04. The van der Waals surface area contributed by atoms with Gasteiger partial charge in [0, 0.05) is 27.7 Å². The molecule has 0 amide bonds. The van der Waals surface area contributed by atoms with E-state index in [9.17, 15) is 0 Å². The summed E-state index contributed by atoms with van der Waals surface area (Å²) in [6.45, 7) is 0. The topological polar surface area (TPSA) is 14.2 Å². The Kier molecular flexibility index (Phi) is 4.24. The van der Waals surface area contributed by atoms with Gasteiger partial charge in [-0.1, -0.05) is 48.2 Å². The highest BCUT2D eigenvalue weighted by atomic mass is 32.2. The molecular weight excluding hydrogens is 326 g/mol. The third kappa shape index (κ3) is 2.92. The number of hydrogen-bond donors (Lipinski definition) is 0. The number of aryl methyl sites for hydroxylation is 1. The summed E-state index contributed by atoms with van der Waals surface area (Å²) < 4.78 is 7.59. The molecule has 4 rings (SSSR count). The van der Waals surface area contributed by atoms with Crippen LogP contribution in [0.2, 0.25) is 0 Å². The van der Waals surface area contributed by atoms with Crippen LogP contribution in [0.1, 0.15) is 0 Å². The lowest BCUT2D eigenvalue weighted by molar-refractivity contribution is 0.415. The van der Waals surface area contributed by atoms with Gasteiger partial charge in [0.05, 0.1) is 12.8 Å². The quantitative estimate of drug-likeness (QED) is 0.450. The molecule has 0 fully saturated rings. The molecule has 0 unspecified atom stereocenters. The molecule has 124 valence electrons. The molecule has 0 saturated heterocycles. The van der Waals surface area contributed by atoms with E-state index in [0.717, 1.165) is 5.75 Å². The second kappa shape index (κ2) is 6.69. The van der Waals surface area contributed by atoms with Crippen molar-refractivity contribution in [3.63, 3.8) is 0 Å². The van der Waals surface area contributed by atoms with Crippen molar-refractivity contribution in [1.82, 2.24) is 4.57 Å². The molecule has 0 bridgehead atoms. The molecule has 3 heteroatoms. The van der Waals surface area contributed by atoms with Crippen molar-refractivity contribution in [2.75, 3.05) is 7.11 Å². The van der Waals surface area contributed by atoms with Crippen LogP contribution in [-0.4, -0.2) is 11.7 Å². The predicted molar refractivity (Wildman–Crippen MR) is 105 cm³/mol. The molecule has 0 saturated carbocycles. The van der Waals surface area contributed by atoms with Gasteiger partial charge >= 0.3 is 0 Å². The van der Waals surface area contributed by atoms with E-state index in [0.29, 0.717) is 0 Å². The van der Waals surface area contributed by atoms with Crippen LogP contribution in [0.25, 0.3) is 22.2 Å². The number of aromatic nitrogens is 1. The molecule has 25 heavy (non-hydrogen) atoms. The summed E-state index contributed by atoms with van der Waals surface area (Å²) in [4.78, 5) is 2.53. The van der Waals surface area contributed by atoms with Crippen LogP contribution in [0.3, 0.4) is 0 Å². The Labute approximate surface area is 152 Å². The molecule has 4 aromatic rings. The second-order valence-electron chi connectivity index (χ2n) is 5.90. The molecular formula is C22H19NOS. The Morgan fingerprint density at radius 2 is 1.48 bits per heavy atom. The molecule has 0 aliphatic rings. The van der Waals surface area contributed by atoms with Crippen molar-refractivity contribution in [2.45, 2.75) is 9.79 Å². The van der Waals surface area contributed by atoms with Crippen LogP contribution in [0.4, 0.5) is 0 Å². The van der Waals surface area contributed by atoms with Gasteiger partial charge in [-0.15, -0.1) is 0 Å². The van der Waals surface area contributed by atoms with Crippen molar-refractivity contribution in [2.24, 2.45) is 7.05 Å². The highest BCUT2D eigenvalue weighted by Crippen LogP contribution is 2.42. The van der Waals surface area contributed by atoms with Crippen LogP contribution >= 0.6 is 11.8 Å². The molecule has 0 aliphatic heterocycles. The number of benzene rings is 3. The van der Waals surface area contributed by atoms with Gasteiger partial charge in [-0.25, -0.2) is 0 Å². The zero-order chi connectivity index (χ0) is 17.2. The normalized spacial score (nSPS) is 11.0. The average Bonchev–Trinajstić information content (AvgIpc) is 2.95. The maximum atomic E-state index is 5.31. The lowest BCUT2D eigenvalue weighted by atomic mass is 10.1. The maximum Gasteiger partial charge on any atom is 0.118 e. The van der Waals surface area contributed by atoms with Crippen molar-refractivity contribution in [1.29, 1.82) is 0 Å². The number of methoxy groups -OCH3 is 1. The van der Waals surface area contributed by atoms with Crippen molar-refractivity contribution >= 4 is 22.7 Å². The maximum absolute atomic E-state index is 5.31. The smallest absolute Gasteiger partial charge is 0.118 e. The molecule has 0 radical (unpaired) electrons. The molecule has 3 aromatic carbocycles. The number of ether oxygens (including phenoxy) is 1. The third-order valence-electron chi connectivity index (χ3n) is 4.39. The van der Waals surface area contributed by atoms with Gasteiger partial charge in [-0.3, -0.25) is 0 Å². The Morgan fingerprint density at radius 1 is 0.800 bits per heavy atom. The monoisotopic (exact) mass is 345 g/mol.